The lowest BCUT2D eigenvalue weighted by molar-refractivity contribution is 0.0954. The van der Waals surface area contributed by atoms with E-state index in [-0.39, 0.29) is 5.91 Å². The molecule has 0 spiro atoms. The largest absolute Gasteiger partial charge is 0.355 e. The molecule has 6 nitrogen and oxygen atoms in total. The predicted octanol–water partition coefficient (Wildman–Crippen LogP) is 2.20. The monoisotopic (exact) mass is 365 g/mol. The van der Waals surface area contributed by atoms with Gasteiger partial charge in [0.2, 0.25) is 0 Å². The third-order valence-corrected chi connectivity index (χ3v) is 4.36. The lowest BCUT2D eigenvalue weighted by Gasteiger charge is -2.11. The molecular formula is C16H20ClN5OS. The molecule has 0 saturated heterocycles. The average Bonchev–Trinajstić information content (AvgIpc) is 3.00. The van der Waals surface area contributed by atoms with E-state index < -0.39 is 0 Å². The van der Waals surface area contributed by atoms with Gasteiger partial charge < -0.3 is 16.0 Å². The Bertz CT molecular complexity index is 716. The van der Waals surface area contributed by atoms with Gasteiger partial charge in [0.05, 0.1) is 17.1 Å². The fourth-order valence-corrected chi connectivity index (χ4v) is 2.91. The molecule has 0 aliphatic rings. The van der Waals surface area contributed by atoms with Gasteiger partial charge in [0.25, 0.3) is 5.91 Å². The molecule has 0 radical (unpaired) electrons. The summed E-state index contributed by atoms with van der Waals surface area (Å²) >= 11 is 7.64. The number of guanidine groups is 1. The summed E-state index contributed by atoms with van der Waals surface area (Å²) in [4.78, 5) is 21.6. The van der Waals surface area contributed by atoms with E-state index in [1.165, 1.54) is 4.88 Å². The minimum atomic E-state index is -0.191. The van der Waals surface area contributed by atoms with Crippen LogP contribution in [0.25, 0.3) is 0 Å². The first kappa shape index (κ1) is 18.2. The maximum Gasteiger partial charge on any atom is 0.252 e. The molecule has 24 heavy (non-hydrogen) atoms. The molecule has 0 aliphatic carbocycles. The van der Waals surface area contributed by atoms with Crippen LogP contribution in [0.5, 0.6) is 0 Å². The fourth-order valence-electron chi connectivity index (χ4n) is 1.96. The van der Waals surface area contributed by atoms with Crippen LogP contribution in [0.4, 0.5) is 0 Å². The molecule has 1 aromatic carbocycles. The number of rotatable bonds is 6. The summed E-state index contributed by atoms with van der Waals surface area (Å²) < 4.78 is 0. The molecule has 1 aromatic heterocycles. The standard InChI is InChI=1S/C16H20ClN5OS/c1-11-9-21-14(24-11)10-22-16(18-2)20-8-7-19-15(23)12-5-3-4-6-13(12)17/h3-6,9H,7-8,10H2,1-2H3,(H,19,23)(H2,18,20,22). The molecular weight excluding hydrogens is 346 g/mol. The highest BCUT2D eigenvalue weighted by atomic mass is 35.5. The van der Waals surface area contributed by atoms with Crippen LogP contribution in [0.3, 0.4) is 0 Å². The number of aliphatic imine (C=N–C) groups is 1. The smallest absolute Gasteiger partial charge is 0.252 e. The second-order valence-electron chi connectivity index (χ2n) is 4.95. The quantitative estimate of drug-likeness (QED) is 0.416. The molecule has 0 unspecified atom stereocenters. The zero-order chi connectivity index (χ0) is 17.4. The van der Waals surface area contributed by atoms with Crippen LogP contribution in [0, 0.1) is 6.92 Å². The molecule has 0 fully saturated rings. The molecule has 128 valence electrons. The second kappa shape index (κ2) is 9.24. The first-order chi connectivity index (χ1) is 11.6. The third kappa shape index (κ3) is 5.50. The maximum atomic E-state index is 12.0. The SMILES string of the molecule is CN=C(NCCNC(=O)c1ccccc1Cl)NCc1ncc(C)s1. The molecule has 0 saturated carbocycles. The summed E-state index contributed by atoms with van der Waals surface area (Å²) in [5.74, 6) is 0.471. The van der Waals surface area contributed by atoms with Crippen molar-refractivity contribution >= 4 is 34.8 Å². The summed E-state index contributed by atoms with van der Waals surface area (Å²) in [6.45, 7) is 3.65. The average molecular weight is 366 g/mol. The number of benzene rings is 1. The lowest BCUT2D eigenvalue weighted by atomic mass is 10.2. The summed E-state index contributed by atoms with van der Waals surface area (Å²) in [5.41, 5.74) is 0.473. The van der Waals surface area contributed by atoms with Gasteiger partial charge in [-0.25, -0.2) is 4.98 Å². The number of hydrogen-bond donors (Lipinski definition) is 3. The van der Waals surface area contributed by atoms with Crippen LogP contribution in [-0.4, -0.2) is 37.0 Å². The van der Waals surface area contributed by atoms with E-state index in [4.69, 9.17) is 11.6 Å². The van der Waals surface area contributed by atoms with E-state index in [1.54, 1.807) is 42.6 Å². The normalized spacial score (nSPS) is 11.2. The van der Waals surface area contributed by atoms with Crippen LogP contribution >= 0.6 is 22.9 Å². The van der Waals surface area contributed by atoms with Gasteiger partial charge in [0, 0.05) is 31.2 Å². The van der Waals surface area contributed by atoms with Crippen LogP contribution < -0.4 is 16.0 Å². The number of nitrogens with zero attached hydrogens (tertiary/aromatic N) is 2. The first-order valence-electron chi connectivity index (χ1n) is 7.48. The minimum absolute atomic E-state index is 0.191. The lowest BCUT2D eigenvalue weighted by Crippen LogP contribution is -2.41. The van der Waals surface area contributed by atoms with E-state index >= 15 is 0 Å². The van der Waals surface area contributed by atoms with Gasteiger partial charge in [-0.15, -0.1) is 11.3 Å². The van der Waals surface area contributed by atoms with Crippen LogP contribution in [0.2, 0.25) is 5.02 Å². The summed E-state index contributed by atoms with van der Waals surface area (Å²) in [7, 11) is 1.70. The first-order valence-corrected chi connectivity index (χ1v) is 8.68. The van der Waals surface area contributed by atoms with Crippen molar-refractivity contribution < 1.29 is 4.79 Å². The van der Waals surface area contributed by atoms with Gasteiger partial charge in [-0.05, 0) is 19.1 Å². The topological polar surface area (TPSA) is 78.4 Å². The summed E-state index contributed by atoms with van der Waals surface area (Å²) in [6.07, 6.45) is 1.85. The number of carbonyl (C=O) groups excluding carboxylic acids is 1. The Kier molecular flexibility index (Phi) is 7.02. The van der Waals surface area contributed by atoms with E-state index in [0.717, 1.165) is 5.01 Å². The third-order valence-electron chi connectivity index (χ3n) is 3.12. The Morgan fingerprint density at radius 3 is 2.67 bits per heavy atom. The number of aryl methyl sites for hydroxylation is 1. The number of halogens is 1. The van der Waals surface area contributed by atoms with Crippen LogP contribution in [-0.2, 0) is 6.54 Å². The van der Waals surface area contributed by atoms with Gasteiger partial charge in [-0.3, -0.25) is 9.79 Å². The van der Waals surface area contributed by atoms with Crippen molar-refractivity contribution in [2.45, 2.75) is 13.5 Å². The number of thiazole rings is 1. The Labute approximate surface area is 150 Å². The molecule has 1 amide bonds. The molecule has 3 N–H and O–H groups in total. The maximum absolute atomic E-state index is 12.0. The van der Waals surface area contributed by atoms with Crippen molar-refractivity contribution in [3.05, 3.63) is 50.9 Å². The number of aromatic nitrogens is 1. The second-order valence-corrected chi connectivity index (χ2v) is 6.68. The van der Waals surface area contributed by atoms with Crippen molar-refractivity contribution in [3.8, 4) is 0 Å². The van der Waals surface area contributed by atoms with Gasteiger partial charge in [-0.2, -0.15) is 0 Å². The molecule has 1 heterocycles. The number of amides is 1. The Morgan fingerprint density at radius 1 is 1.25 bits per heavy atom. The van der Waals surface area contributed by atoms with E-state index in [1.807, 2.05) is 13.1 Å². The Hall–Kier alpha value is -2.12. The van der Waals surface area contributed by atoms with Crippen molar-refractivity contribution in [2.75, 3.05) is 20.1 Å². The Balaban J connectivity index is 1.70. The van der Waals surface area contributed by atoms with Crippen molar-refractivity contribution in [2.24, 2.45) is 4.99 Å². The predicted molar refractivity (Wildman–Crippen MR) is 98.8 cm³/mol. The molecule has 0 atom stereocenters. The highest BCUT2D eigenvalue weighted by Gasteiger charge is 2.08. The minimum Gasteiger partial charge on any atom is -0.355 e. The van der Waals surface area contributed by atoms with Crippen molar-refractivity contribution in [3.63, 3.8) is 0 Å². The van der Waals surface area contributed by atoms with Crippen LogP contribution in [0.15, 0.2) is 35.5 Å². The number of hydrogen-bond acceptors (Lipinski definition) is 4. The molecule has 0 bridgehead atoms. The number of nitrogens with one attached hydrogen (secondary N) is 3. The molecule has 8 heteroatoms. The number of carbonyl (C=O) groups is 1. The van der Waals surface area contributed by atoms with Gasteiger partial charge >= 0.3 is 0 Å². The van der Waals surface area contributed by atoms with Crippen LogP contribution in [0.1, 0.15) is 20.2 Å². The summed E-state index contributed by atoms with van der Waals surface area (Å²) in [5, 5.41) is 10.6. The molecule has 0 aliphatic heterocycles. The molecule has 2 aromatic rings. The zero-order valence-corrected chi connectivity index (χ0v) is 15.2. The van der Waals surface area contributed by atoms with E-state index in [9.17, 15) is 4.79 Å². The van der Waals surface area contributed by atoms with Gasteiger partial charge in [0.15, 0.2) is 5.96 Å². The molecule has 2 rings (SSSR count). The fraction of sp³-hybridized carbons (Fsp3) is 0.312. The van der Waals surface area contributed by atoms with Crippen molar-refractivity contribution in [1.82, 2.24) is 20.9 Å². The van der Waals surface area contributed by atoms with E-state index in [2.05, 4.69) is 25.9 Å². The highest BCUT2D eigenvalue weighted by Crippen LogP contribution is 2.14. The van der Waals surface area contributed by atoms with Crippen molar-refractivity contribution in [1.29, 1.82) is 0 Å². The van der Waals surface area contributed by atoms with E-state index in [0.29, 0.717) is 36.2 Å². The Morgan fingerprint density at radius 2 is 2.00 bits per heavy atom. The van der Waals surface area contributed by atoms with Gasteiger partial charge in [0.1, 0.15) is 5.01 Å². The highest BCUT2D eigenvalue weighted by molar-refractivity contribution is 7.11. The summed E-state index contributed by atoms with van der Waals surface area (Å²) in [6, 6.07) is 6.97. The zero-order valence-electron chi connectivity index (χ0n) is 13.6. The van der Waals surface area contributed by atoms with Gasteiger partial charge in [-0.1, -0.05) is 23.7 Å².